The summed E-state index contributed by atoms with van der Waals surface area (Å²) < 4.78 is 13.1. The van der Waals surface area contributed by atoms with E-state index < -0.39 is 4.92 Å². The molecule has 7 nitrogen and oxygen atoms in total. The number of benzene rings is 2. The number of nitro groups is 1. The molecule has 0 bridgehead atoms. The van der Waals surface area contributed by atoms with Crippen LogP contribution in [0.1, 0.15) is 5.69 Å². The summed E-state index contributed by atoms with van der Waals surface area (Å²) in [5.74, 6) is -0.00164. The highest BCUT2D eigenvalue weighted by molar-refractivity contribution is 5.68. The molecule has 1 aromatic heterocycles. The van der Waals surface area contributed by atoms with Crippen LogP contribution < -0.4 is 0 Å². The Hall–Kier alpha value is -3.10. The molecule has 0 radical (unpaired) electrons. The Balaban J connectivity index is 2.07. The van der Waals surface area contributed by atoms with Crippen LogP contribution in [-0.4, -0.2) is 20.1 Å². The molecule has 3 aromatic rings. The van der Waals surface area contributed by atoms with Gasteiger partial charge in [-0.2, -0.15) is 0 Å². The van der Waals surface area contributed by atoms with E-state index in [9.17, 15) is 14.5 Å². The normalized spacial score (nSPS) is 10.8. The van der Waals surface area contributed by atoms with Crippen LogP contribution in [-0.2, 0) is 11.5 Å². The van der Waals surface area contributed by atoms with E-state index in [0.717, 1.165) is 0 Å². The average molecular weight is 329 g/mol. The summed E-state index contributed by atoms with van der Waals surface area (Å²) in [5, 5.41) is 19.6. The predicted octanol–water partition coefficient (Wildman–Crippen LogP) is 3.78. The summed E-state index contributed by atoms with van der Waals surface area (Å²) in [5.41, 5.74) is 2.00. The Bertz CT molecular complexity index is 877. The number of nitro benzene ring substituents is 1. The SMILES string of the molecule is O=[N+]([O-])c1cccc(-c2nc(-c3ccc(F)cc3)c(COO)[nH]2)c1. The summed E-state index contributed by atoms with van der Waals surface area (Å²) in [6.07, 6.45) is 0. The van der Waals surface area contributed by atoms with Crippen molar-refractivity contribution in [2.75, 3.05) is 0 Å². The van der Waals surface area contributed by atoms with Gasteiger partial charge >= 0.3 is 0 Å². The molecule has 0 aliphatic heterocycles. The van der Waals surface area contributed by atoms with Crippen LogP contribution in [0, 0.1) is 15.9 Å². The van der Waals surface area contributed by atoms with Gasteiger partial charge < -0.3 is 4.98 Å². The molecule has 24 heavy (non-hydrogen) atoms. The van der Waals surface area contributed by atoms with Crippen LogP contribution >= 0.6 is 0 Å². The van der Waals surface area contributed by atoms with Crippen LogP contribution in [0.3, 0.4) is 0 Å². The van der Waals surface area contributed by atoms with Crippen molar-refractivity contribution >= 4 is 5.69 Å². The second kappa shape index (κ2) is 6.57. The Morgan fingerprint density at radius 2 is 1.96 bits per heavy atom. The van der Waals surface area contributed by atoms with Crippen LogP contribution in [0.25, 0.3) is 22.6 Å². The summed E-state index contributed by atoms with van der Waals surface area (Å²) in [6.45, 7) is -0.158. The first-order valence-electron chi connectivity index (χ1n) is 6.94. The molecular weight excluding hydrogens is 317 g/mol. The van der Waals surface area contributed by atoms with E-state index in [1.165, 1.54) is 24.3 Å². The largest absolute Gasteiger partial charge is 0.339 e. The molecule has 0 saturated carbocycles. The maximum atomic E-state index is 13.1. The fraction of sp³-hybridized carbons (Fsp3) is 0.0625. The van der Waals surface area contributed by atoms with Gasteiger partial charge in [0.05, 0.1) is 16.3 Å². The zero-order valence-electron chi connectivity index (χ0n) is 12.3. The van der Waals surface area contributed by atoms with Gasteiger partial charge in [0.25, 0.3) is 5.69 Å². The first-order valence-corrected chi connectivity index (χ1v) is 6.94. The molecule has 0 spiro atoms. The van der Waals surface area contributed by atoms with Crippen molar-refractivity contribution in [1.82, 2.24) is 9.97 Å². The number of imidazole rings is 1. The number of hydrogen-bond acceptors (Lipinski definition) is 5. The third-order valence-electron chi connectivity index (χ3n) is 3.44. The zero-order valence-corrected chi connectivity index (χ0v) is 12.3. The van der Waals surface area contributed by atoms with Crippen molar-refractivity contribution in [2.24, 2.45) is 0 Å². The van der Waals surface area contributed by atoms with Crippen molar-refractivity contribution < 1.29 is 19.5 Å². The molecule has 0 saturated heterocycles. The lowest BCUT2D eigenvalue weighted by Gasteiger charge is -2.00. The summed E-state index contributed by atoms with van der Waals surface area (Å²) in [4.78, 5) is 21.9. The Kier molecular flexibility index (Phi) is 4.32. The lowest BCUT2D eigenvalue weighted by molar-refractivity contribution is -0.384. The topological polar surface area (TPSA) is 101 Å². The first kappa shape index (κ1) is 15.8. The van der Waals surface area contributed by atoms with Crippen molar-refractivity contribution in [3.63, 3.8) is 0 Å². The number of aromatic amines is 1. The molecule has 0 unspecified atom stereocenters. The maximum absolute atomic E-state index is 13.1. The van der Waals surface area contributed by atoms with E-state index in [2.05, 4.69) is 14.9 Å². The number of H-pyrrole nitrogens is 1. The van der Waals surface area contributed by atoms with Crippen molar-refractivity contribution in [2.45, 2.75) is 6.61 Å². The number of halogens is 1. The zero-order chi connectivity index (χ0) is 17.1. The molecule has 0 aliphatic carbocycles. The van der Waals surface area contributed by atoms with Crippen molar-refractivity contribution in [3.05, 3.63) is 70.2 Å². The molecule has 2 aromatic carbocycles. The number of rotatable bonds is 5. The summed E-state index contributed by atoms with van der Waals surface area (Å²) in [6, 6.07) is 11.7. The van der Waals surface area contributed by atoms with Gasteiger partial charge in [0.2, 0.25) is 0 Å². The Morgan fingerprint density at radius 1 is 1.21 bits per heavy atom. The highest BCUT2D eigenvalue weighted by Crippen LogP contribution is 2.28. The van der Waals surface area contributed by atoms with Gasteiger partial charge in [-0.05, 0) is 24.3 Å². The number of aromatic nitrogens is 2. The minimum atomic E-state index is -0.495. The maximum Gasteiger partial charge on any atom is 0.270 e. The summed E-state index contributed by atoms with van der Waals surface area (Å²) >= 11 is 0. The molecule has 0 aliphatic rings. The van der Waals surface area contributed by atoms with E-state index in [1.54, 1.807) is 24.3 Å². The van der Waals surface area contributed by atoms with E-state index in [-0.39, 0.29) is 18.1 Å². The van der Waals surface area contributed by atoms with E-state index >= 15 is 0 Å². The molecule has 0 amide bonds. The minimum Gasteiger partial charge on any atom is -0.339 e. The lowest BCUT2D eigenvalue weighted by atomic mass is 10.1. The van der Waals surface area contributed by atoms with Crippen LogP contribution in [0.15, 0.2) is 48.5 Å². The van der Waals surface area contributed by atoms with E-state index in [0.29, 0.717) is 28.3 Å². The van der Waals surface area contributed by atoms with E-state index in [4.69, 9.17) is 5.26 Å². The molecule has 2 N–H and O–H groups in total. The average Bonchev–Trinajstić information content (AvgIpc) is 3.00. The van der Waals surface area contributed by atoms with Crippen LogP contribution in [0.5, 0.6) is 0 Å². The molecule has 0 fully saturated rings. The van der Waals surface area contributed by atoms with Gasteiger partial charge in [-0.1, -0.05) is 12.1 Å². The fourth-order valence-electron chi connectivity index (χ4n) is 2.33. The van der Waals surface area contributed by atoms with Crippen molar-refractivity contribution in [3.8, 4) is 22.6 Å². The van der Waals surface area contributed by atoms with Gasteiger partial charge in [-0.15, -0.1) is 0 Å². The van der Waals surface area contributed by atoms with Gasteiger partial charge in [0.15, 0.2) is 0 Å². The van der Waals surface area contributed by atoms with E-state index in [1.807, 2.05) is 0 Å². The van der Waals surface area contributed by atoms with Gasteiger partial charge in [-0.25, -0.2) is 14.3 Å². The number of hydrogen-bond donors (Lipinski definition) is 2. The molecule has 1 heterocycles. The fourth-order valence-corrected chi connectivity index (χ4v) is 2.33. The summed E-state index contributed by atoms with van der Waals surface area (Å²) in [7, 11) is 0. The van der Waals surface area contributed by atoms with Crippen LogP contribution in [0.4, 0.5) is 10.1 Å². The highest BCUT2D eigenvalue weighted by Gasteiger charge is 2.16. The molecule has 0 atom stereocenters. The monoisotopic (exact) mass is 329 g/mol. The molecule has 3 rings (SSSR count). The second-order valence-corrected chi connectivity index (χ2v) is 5.00. The minimum absolute atomic E-state index is 0.0628. The van der Waals surface area contributed by atoms with Gasteiger partial charge in [0, 0.05) is 23.3 Å². The number of nitrogens with one attached hydrogen (secondary N) is 1. The Labute approximate surface area is 135 Å². The van der Waals surface area contributed by atoms with Crippen LogP contribution in [0.2, 0.25) is 0 Å². The van der Waals surface area contributed by atoms with Crippen molar-refractivity contribution in [1.29, 1.82) is 0 Å². The highest BCUT2D eigenvalue weighted by atomic mass is 19.1. The third-order valence-corrected chi connectivity index (χ3v) is 3.44. The second-order valence-electron chi connectivity index (χ2n) is 5.00. The molecular formula is C16H12FN3O4. The molecule has 122 valence electrons. The Morgan fingerprint density at radius 3 is 2.62 bits per heavy atom. The smallest absolute Gasteiger partial charge is 0.270 e. The van der Waals surface area contributed by atoms with Gasteiger partial charge in [0.1, 0.15) is 18.2 Å². The first-order chi connectivity index (χ1) is 11.6. The molecule has 8 heteroatoms. The number of nitrogens with zero attached hydrogens (tertiary/aromatic N) is 2. The van der Waals surface area contributed by atoms with Gasteiger partial charge in [-0.3, -0.25) is 15.4 Å². The number of non-ortho nitro benzene ring substituents is 1. The lowest BCUT2D eigenvalue weighted by Crippen LogP contribution is -1.92. The third kappa shape index (κ3) is 3.14. The standard InChI is InChI=1S/C16H12FN3O4/c17-12-6-4-10(5-7-12)15-14(9-24-23)18-16(19-15)11-2-1-3-13(8-11)20(21)22/h1-8,23H,9H2,(H,18,19). The quantitative estimate of drug-likeness (QED) is 0.421. The predicted molar refractivity (Wildman–Crippen MR) is 83.5 cm³/mol.